The predicted octanol–water partition coefficient (Wildman–Crippen LogP) is 2.41. The molecule has 0 amide bonds. The van der Waals surface area contributed by atoms with Crippen LogP contribution in [0.4, 0.5) is 24.8 Å². The molecule has 1 aliphatic rings. The number of nitrogens with zero attached hydrogens (tertiary/aromatic N) is 3. The first kappa shape index (κ1) is 14.8. The lowest BCUT2D eigenvalue weighted by molar-refractivity contribution is -0.144. The van der Waals surface area contributed by atoms with Crippen molar-refractivity contribution in [3.8, 4) is 0 Å². The molecule has 0 aromatic carbocycles. The smallest absolute Gasteiger partial charge is 0.353 e. The fraction of sp³-hybridized carbons (Fsp3) is 0.667. The first-order chi connectivity index (χ1) is 9.31. The lowest BCUT2D eigenvalue weighted by Crippen LogP contribution is -2.42. The van der Waals surface area contributed by atoms with Gasteiger partial charge in [0.05, 0.1) is 0 Å². The van der Waals surface area contributed by atoms with E-state index in [9.17, 15) is 13.2 Å². The van der Waals surface area contributed by atoms with E-state index in [4.69, 9.17) is 5.84 Å². The Morgan fingerprint density at radius 1 is 1.30 bits per heavy atom. The third-order valence-electron chi connectivity index (χ3n) is 3.53. The fourth-order valence-corrected chi connectivity index (χ4v) is 2.39. The fourth-order valence-electron chi connectivity index (χ4n) is 2.39. The normalized spacial score (nSPS) is 23.8. The number of nitrogens with two attached hydrogens (primary N) is 1. The van der Waals surface area contributed by atoms with Crippen LogP contribution in [0, 0.1) is 5.92 Å². The van der Waals surface area contributed by atoms with Crippen molar-refractivity contribution in [2.75, 3.05) is 16.9 Å². The number of piperidine rings is 1. The second-order valence-corrected chi connectivity index (χ2v) is 5.26. The Labute approximate surface area is 115 Å². The number of nitrogen functional groups attached to an aromatic ring is 1. The molecule has 0 aliphatic carbocycles. The van der Waals surface area contributed by atoms with E-state index >= 15 is 0 Å². The summed E-state index contributed by atoms with van der Waals surface area (Å²) in [4.78, 5) is 8.90. The highest BCUT2D eigenvalue weighted by Gasteiger charge is 2.36. The molecule has 1 aliphatic heterocycles. The number of hydrogen-bond donors (Lipinski definition) is 2. The molecule has 5 nitrogen and oxygen atoms in total. The Morgan fingerprint density at radius 3 is 2.60 bits per heavy atom. The first-order valence-electron chi connectivity index (χ1n) is 6.50. The Kier molecular flexibility index (Phi) is 4.03. The van der Waals surface area contributed by atoms with Crippen molar-refractivity contribution in [2.24, 2.45) is 11.8 Å². The Bertz CT molecular complexity index is 477. The summed E-state index contributed by atoms with van der Waals surface area (Å²) in [6.45, 7) is 4.74. The van der Waals surface area contributed by atoms with Crippen LogP contribution < -0.4 is 16.2 Å². The third kappa shape index (κ3) is 3.12. The lowest BCUT2D eigenvalue weighted by Gasteiger charge is -2.37. The summed E-state index contributed by atoms with van der Waals surface area (Å²) in [6.07, 6.45) is -2.60. The number of halogens is 3. The average Bonchev–Trinajstić information content (AvgIpc) is 2.40. The summed E-state index contributed by atoms with van der Waals surface area (Å²) in [7, 11) is 0. The van der Waals surface area contributed by atoms with Gasteiger partial charge in [-0.15, -0.1) is 0 Å². The van der Waals surface area contributed by atoms with E-state index in [1.807, 2.05) is 11.8 Å². The largest absolute Gasteiger partial charge is 0.451 e. The van der Waals surface area contributed by atoms with Crippen LogP contribution in [0.3, 0.4) is 0 Å². The van der Waals surface area contributed by atoms with E-state index in [1.165, 1.54) is 6.07 Å². The van der Waals surface area contributed by atoms with Gasteiger partial charge in [0, 0.05) is 18.7 Å². The highest BCUT2D eigenvalue weighted by molar-refractivity contribution is 5.50. The topological polar surface area (TPSA) is 67.1 Å². The van der Waals surface area contributed by atoms with Crippen LogP contribution >= 0.6 is 0 Å². The molecule has 2 atom stereocenters. The molecule has 3 N–H and O–H groups in total. The van der Waals surface area contributed by atoms with Crippen molar-refractivity contribution in [1.82, 2.24) is 9.97 Å². The summed E-state index contributed by atoms with van der Waals surface area (Å²) in [5.74, 6) is 4.67. The van der Waals surface area contributed by atoms with Crippen molar-refractivity contribution in [1.29, 1.82) is 0 Å². The van der Waals surface area contributed by atoms with E-state index in [1.54, 1.807) is 0 Å². The predicted molar refractivity (Wildman–Crippen MR) is 70.1 cm³/mol. The van der Waals surface area contributed by atoms with Crippen molar-refractivity contribution < 1.29 is 13.2 Å². The van der Waals surface area contributed by atoms with Crippen LogP contribution in [0.25, 0.3) is 0 Å². The van der Waals surface area contributed by atoms with Gasteiger partial charge in [0.1, 0.15) is 11.6 Å². The quantitative estimate of drug-likeness (QED) is 0.646. The van der Waals surface area contributed by atoms with Crippen molar-refractivity contribution in [3.63, 3.8) is 0 Å². The maximum absolute atomic E-state index is 12.8. The van der Waals surface area contributed by atoms with Gasteiger partial charge in [0.2, 0.25) is 5.82 Å². The van der Waals surface area contributed by atoms with Crippen LogP contribution in [-0.4, -0.2) is 22.6 Å². The molecule has 1 aromatic heterocycles. The number of hydrogen-bond acceptors (Lipinski definition) is 5. The number of rotatable bonds is 2. The van der Waals surface area contributed by atoms with E-state index in [-0.39, 0.29) is 17.7 Å². The van der Waals surface area contributed by atoms with Crippen LogP contribution in [0.15, 0.2) is 6.07 Å². The number of nitrogens with one attached hydrogen (secondary N) is 1. The van der Waals surface area contributed by atoms with Gasteiger partial charge in [-0.2, -0.15) is 13.2 Å². The number of hydrazine groups is 1. The second-order valence-electron chi connectivity index (χ2n) is 5.26. The maximum Gasteiger partial charge on any atom is 0.451 e. The van der Waals surface area contributed by atoms with Gasteiger partial charge in [-0.05, 0) is 25.7 Å². The third-order valence-corrected chi connectivity index (χ3v) is 3.53. The molecule has 2 rings (SSSR count). The zero-order chi connectivity index (χ0) is 14.9. The molecular weight excluding hydrogens is 271 g/mol. The second kappa shape index (κ2) is 5.43. The molecule has 0 spiro atoms. The van der Waals surface area contributed by atoms with E-state index < -0.39 is 12.0 Å². The summed E-state index contributed by atoms with van der Waals surface area (Å²) in [5.41, 5.74) is 2.17. The molecule has 2 heterocycles. The highest BCUT2D eigenvalue weighted by Crippen LogP contribution is 2.32. The number of anilines is 2. The Balaban J connectivity index is 2.39. The first-order valence-corrected chi connectivity index (χ1v) is 6.50. The summed E-state index contributed by atoms with van der Waals surface area (Å²) >= 11 is 0. The zero-order valence-corrected chi connectivity index (χ0v) is 11.4. The molecule has 0 radical (unpaired) electrons. The monoisotopic (exact) mass is 289 g/mol. The minimum Gasteiger partial charge on any atom is -0.353 e. The minimum absolute atomic E-state index is 0.0345. The van der Waals surface area contributed by atoms with Gasteiger partial charge in [-0.25, -0.2) is 15.8 Å². The van der Waals surface area contributed by atoms with Gasteiger partial charge in [-0.1, -0.05) is 6.92 Å². The molecule has 2 unspecified atom stereocenters. The molecule has 0 saturated carbocycles. The Morgan fingerprint density at radius 2 is 2.00 bits per heavy atom. The van der Waals surface area contributed by atoms with Gasteiger partial charge in [-0.3, -0.25) is 0 Å². The van der Waals surface area contributed by atoms with Crippen molar-refractivity contribution in [3.05, 3.63) is 11.9 Å². The van der Waals surface area contributed by atoms with Crippen molar-refractivity contribution >= 4 is 11.6 Å². The van der Waals surface area contributed by atoms with E-state index in [2.05, 4.69) is 22.3 Å². The minimum atomic E-state index is -4.59. The summed E-state index contributed by atoms with van der Waals surface area (Å²) < 4.78 is 38.4. The highest BCUT2D eigenvalue weighted by atomic mass is 19.4. The molecule has 112 valence electrons. The van der Waals surface area contributed by atoms with Crippen LogP contribution in [0.5, 0.6) is 0 Å². The molecule has 8 heteroatoms. The molecule has 0 bridgehead atoms. The summed E-state index contributed by atoms with van der Waals surface area (Å²) in [5, 5.41) is 0. The molecule has 20 heavy (non-hydrogen) atoms. The Hall–Kier alpha value is -1.57. The SMILES string of the molecule is CC1CCC(C)N(c2cc(NN)nc(C(F)(F)F)n2)C1. The van der Waals surface area contributed by atoms with Crippen LogP contribution in [0.2, 0.25) is 0 Å². The molecule has 1 fully saturated rings. The molecule has 1 saturated heterocycles. The molecule has 1 aromatic rings. The summed E-state index contributed by atoms with van der Waals surface area (Å²) in [6, 6.07) is 1.59. The lowest BCUT2D eigenvalue weighted by atomic mass is 9.95. The standard InChI is InChI=1S/C12H18F3N5/c1-7-3-4-8(2)20(6-7)10-5-9(19-16)17-11(18-10)12(13,14)15/h5,7-8H,3-4,6,16H2,1-2H3,(H,17,18,19). The van der Waals surface area contributed by atoms with Gasteiger partial charge in [0.15, 0.2) is 0 Å². The molecular formula is C12H18F3N5. The maximum atomic E-state index is 12.8. The van der Waals surface area contributed by atoms with Gasteiger partial charge >= 0.3 is 6.18 Å². The zero-order valence-electron chi connectivity index (χ0n) is 11.4. The van der Waals surface area contributed by atoms with Gasteiger partial charge in [0.25, 0.3) is 0 Å². The van der Waals surface area contributed by atoms with Crippen LogP contribution in [0.1, 0.15) is 32.5 Å². The van der Waals surface area contributed by atoms with Crippen molar-refractivity contribution in [2.45, 2.75) is 38.9 Å². The van der Waals surface area contributed by atoms with Gasteiger partial charge < -0.3 is 10.3 Å². The number of aromatic nitrogens is 2. The number of alkyl halides is 3. The van der Waals surface area contributed by atoms with E-state index in [0.717, 1.165) is 12.8 Å². The van der Waals surface area contributed by atoms with Crippen LogP contribution in [-0.2, 0) is 6.18 Å². The van der Waals surface area contributed by atoms with E-state index in [0.29, 0.717) is 12.5 Å². The average molecular weight is 289 g/mol.